The molecule has 0 aromatic heterocycles. The molecule has 2 bridgehead atoms. The van der Waals surface area contributed by atoms with E-state index in [-0.39, 0.29) is 11.1 Å². The third-order valence-corrected chi connectivity index (χ3v) is 7.21. The maximum Gasteiger partial charge on any atom is 0.410 e. The second-order valence-electron chi connectivity index (χ2n) is 10.8. The first-order chi connectivity index (χ1) is 15.4. The Kier molecular flexibility index (Phi) is 4.50. The van der Waals surface area contributed by atoms with Crippen molar-refractivity contribution in [2.45, 2.75) is 70.2 Å². The molecular formula is C24H28N2O7. The summed E-state index contributed by atoms with van der Waals surface area (Å²) in [4.78, 5) is 58.4. The van der Waals surface area contributed by atoms with E-state index in [1.54, 1.807) is 17.0 Å². The minimum Gasteiger partial charge on any atom is -0.444 e. The van der Waals surface area contributed by atoms with Crippen molar-refractivity contribution in [1.82, 2.24) is 9.96 Å². The quantitative estimate of drug-likeness (QED) is 0.630. The summed E-state index contributed by atoms with van der Waals surface area (Å²) in [7, 11) is 0. The van der Waals surface area contributed by atoms with E-state index in [0.717, 1.165) is 0 Å². The average Bonchev–Trinajstić information content (AvgIpc) is 3.21. The van der Waals surface area contributed by atoms with Gasteiger partial charge in [-0.1, -0.05) is 17.2 Å². The van der Waals surface area contributed by atoms with Gasteiger partial charge >= 0.3 is 12.1 Å². The zero-order chi connectivity index (χ0) is 23.8. The summed E-state index contributed by atoms with van der Waals surface area (Å²) in [6.07, 6.45) is 1.40. The largest absolute Gasteiger partial charge is 0.444 e. The standard InChI is InChI=1S/C24H28N2O7/c1-21(2,3)31-20(30)25-11-9-24(10-12-25)23(13-22(4,14-23)33-24)19(29)32-26-17(27)15-7-5-6-8-16(15)18(26)28/h5-8H,9-14H2,1-4H3. The lowest BCUT2D eigenvalue weighted by Crippen LogP contribution is -2.59. The summed E-state index contributed by atoms with van der Waals surface area (Å²) >= 11 is 0. The molecule has 1 spiro atoms. The summed E-state index contributed by atoms with van der Waals surface area (Å²) in [6, 6.07) is 6.39. The molecule has 0 unspecified atom stereocenters. The molecule has 0 radical (unpaired) electrons. The molecular weight excluding hydrogens is 428 g/mol. The Morgan fingerprint density at radius 1 is 1.00 bits per heavy atom. The maximum absolute atomic E-state index is 13.5. The number of benzene rings is 1. The van der Waals surface area contributed by atoms with Crippen LogP contribution in [0.3, 0.4) is 0 Å². The van der Waals surface area contributed by atoms with Gasteiger partial charge < -0.3 is 19.2 Å². The third-order valence-electron chi connectivity index (χ3n) is 7.21. The van der Waals surface area contributed by atoms with Gasteiger partial charge in [0.2, 0.25) is 0 Å². The highest BCUT2D eigenvalue weighted by Crippen LogP contribution is 2.69. The number of carbonyl (C=O) groups excluding carboxylic acids is 4. The second kappa shape index (κ2) is 6.79. The SMILES string of the molecule is CC(C)(C)OC(=O)N1CCC2(CC1)OC1(C)CC2(C(=O)ON2C(=O)c3ccccc3C2=O)C1. The highest BCUT2D eigenvalue weighted by Gasteiger charge is 2.77. The van der Waals surface area contributed by atoms with E-state index in [1.807, 2.05) is 27.7 Å². The van der Waals surface area contributed by atoms with Crippen LogP contribution in [0.5, 0.6) is 0 Å². The normalized spacial score (nSPS) is 29.7. The average molecular weight is 456 g/mol. The number of carbonyl (C=O) groups is 4. The molecule has 4 heterocycles. The molecule has 9 heteroatoms. The van der Waals surface area contributed by atoms with E-state index in [0.29, 0.717) is 43.8 Å². The summed E-state index contributed by atoms with van der Waals surface area (Å²) in [6.45, 7) is 8.17. The highest BCUT2D eigenvalue weighted by atomic mass is 16.7. The number of imide groups is 1. The van der Waals surface area contributed by atoms with Crippen LogP contribution in [-0.2, 0) is 19.1 Å². The first kappa shape index (κ1) is 21.9. The second-order valence-corrected chi connectivity index (χ2v) is 10.8. The molecule has 9 nitrogen and oxygen atoms in total. The summed E-state index contributed by atoms with van der Waals surface area (Å²) in [5.74, 6) is -1.91. The molecule has 6 rings (SSSR count). The molecule has 1 saturated carbocycles. The Labute approximate surface area is 191 Å². The lowest BCUT2D eigenvalue weighted by molar-refractivity contribution is -0.192. The van der Waals surface area contributed by atoms with Crippen LogP contribution in [0.1, 0.15) is 74.1 Å². The number of hydrogen-bond donors (Lipinski definition) is 0. The Balaban J connectivity index is 1.33. The molecule has 3 amide bonds. The van der Waals surface area contributed by atoms with E-state index in [2.05, 4.69) is 0 Å². The Morgan fingerprint density at radius 2 is 1.55 bits per heavy atom. The van der Waals surface area contributed by atoms with Gasteiger partial charge in [-0.3, -0.25) is 9.59 Å². The molecule has 0 atom stereocenters. The summed E-state index contributed by atoms with van der Waals surface area (Å²) in [5, 5.41) is 0.569. The number of likely N-dealkylation sites (tertiary alicyclic amines) is 1. The Bertz CT molecular complexity index is 1020. The van der Waals surface area contributed by atoms with E-state index in [9.17, 15) is 19.2 Å². The number of piperidine rings is 1. The first-order valence-electron chi connectivity index (χ1n) is 11.3. The molecule has 4 aliphatic heterocycles. The number of hydroxylamine groups is 2. The van der Waals surface area contributed by atoms with Crippen molar-refractivity contribution < 1.29 is 33.5 Å². The van der Waals surface area contributed by atoms with Crippen LogP contribution in [0, 0.1) is 5.41 Å². The molecule has 1 aromatic carbocycles. The van der Waals surface area contributed by atoms with Gasteiger partial charge in [0.05, 0.1) is 22.3 Å². The number of fused-ring (bicyclic) bond motifs is 1. The van der Waals surface area contributed by atoms with Gasteiger partial charge in [0.1, 0.15) is 11.0 Å². The van der Waals surface area contributed by atoms with Crippen LogP contribution in [0.4, 0.5) is 4.79 Å². The lowest BCUT2D eigenvalue weighted by Gasteiger charge is -2.47. The monoisotopic (exact) mass is 456 g/mol. The van der Waals surface area contributed by atoms with Crippen molar-refractivity contribution in [3.05, 3.63) is 35.4 Å². The van der Waals surface area contributed by atoms with Crippen LogP contribution < -0.4 is 0 Å². The van der Waals surface area contributed by atoms with Crippen LogP contribution in [0.15, 0.2) is 24.3 Å². The molecule has 4 fully saturated rings. The highest BCUT2D eigenvalue weighted by molar-refractivity contribution is 6.21. The number of ether oxygens (including phenoxy) is 2. The molecule has 1 aromatic rings. The van der Waals surface area contributed by atoms with Crippen molar-refractivity contribution in [2.75, 3.05) is 13.1 Å². The van der Waals surface area contributed by atoms with Gasteiger partial charge in [-0.05, 0) is 65.5 Å². The maximum atomic E-state index is 13.5. The minimum atomic E-state index is -0.961. The van der Waals surface area contributed by atoms with Gasteiger partial charge in [-0.25, -0.2) is 9.59 Å². The summed E-state index contributed by atoms with van der Waals surface area (Å²) in [5.41, 5.74) is -2.39. The van der Waals surface area contributed by atoms with Crippen LogP contribution in [-0.4, -0.2) is 63.7 Å². The fourth-order valence-corrected chi connectivity index (χ4v) is 5.90. The van der Waals surface area contributed by atoms with Crippen molar-refractivity contribution >= 4 is 23.9 Å². The van der Waals surface area contributed by atoms with Crippen molar-refractivity contribution in [3.63, 3.8) is 0 Å². The molecule has 0 N–H and O–H groups in total. The lowest BCUT2D eigenvalue weighted by atomic mass is 9.54. The van der Waals surface area contributed by atoms with Gasteiger partial charge in [0, 0.05) is 13.1 Å². The smallest absolute Gasteiger partial charge is 0.410 e. The fourth-order valence-electron chi connectivity index (χ4n) is 5.90. The van der Waals surface area contributed by atoms with Gasteiger partial charge in [-0.2, -0.15) is 0 Å². The minimum absolute atomic E-state index is 0.217. The van der Waals surface area contributed by atoms with Crippen molar-refractivity contribution in [3.8, 4) is 0 Å². The molecule has 1 aliphatic carbocycles. The predicted octanol–water partition coefficient (Wildman–Crippen LogP) is 3.08. The molecule has 33 heavy (non-hydrogen) atoms. The first-order valence-corrected chi connectivity index (χ1v) is 11.3. The summed E-state index contributed by atoms with van der Waals surface area (Å²) < 4.78 is 11.9. The number of hydrogen-bond acceptors (Lipinski definition) is 7. The number of nitrogens with zero attached hydrogens (tertiary/aromatic N) is 2. The topological polar surface area (TPSA) is 102 Å². The predicted molar refractivity (Wildman–Crippen MR) is 114 cm³/mol. The van der Waals surface area contributed by atoms with E-state index in [1.165, 1.54) is 12.1 Å². The van der Waals surface area contributed by atoms with Crippen LogP contribution in [0.25, 0.3) is 0 Å². The van der Waals surface area contributed by atoms with Gasteiger partial charge in [0.15, 0.2) is 0 Å². The third kappa shape index (κ3) is 3.16. The fraction of sp³-hybridized carbons (Fsp3) is 0.583. The van der Waals surface area contributed by atoms with E-state index >= 15 is 0 Å². The molecule has 5 aliphatic rings. The van der Waals surface area contributed by atoms with E-state index in [4.69, 9.17) is 14.3 Å². The molecule has 176 valence electrons. The van der Waals surface area contributed by atoms with Crippen LogP contribution in [0.2, 0.25) is 0 Å². The van der Waals surface area contributed by atoms with Crippen molar-refractivity contribution in [2.24, 2.45) is 5.41 Å². The number of amides is 3. The van der Waals surface area contributed by atoms with Gasteiger partial charge in [0.25, 0.3) is 11.8 Å². The Hall–Kier alpha value is -2.94. The van der Waals surface area contributed by atoms with Crippen LogP contribution >= 0.6 is 0 Å². The Morgan fingerprint density at radius 3 is 2.06 bits per heavy atom. The zero-order valence-electron chi connectivity index (χ0n) is 19.3. The van der Waals surface area contributed by atoms with E-state index < -0.39 is 46.1 Å². The molecule has 3 saturated heterocycles. The zero-order valence-corrected chi connectivity index (χ0v) is 19.3. The van der Waals surface area contributed by atoms with Crippen molar-refractivity contribution in [1.29, 1.82) is 0 Å². The van der Waals surface area contributed by atoms with Gasteiger partial charge in [-0.15, -0.1) is 0 Å². The number of rotatable bonds is 2.